The zero-order chi connectivity index (χ0) is 15.6. The second-order valence-electron chi connectivity index (χ2n) is 3.72. The van der Waals surface area contributed by atoms with Crippen LogP contribution in [0.25, 0.3) is 0 Å². The molecule has 0 amide bonds. The molecule has 10 heteroatoms. The maximum absolute atomic E-state index is 12.4. The van der Waals surface area contributed by atoms with E-state index in [0.717, 1.165) is 12.1 Å². The van der Waals surface area contributed by atoms with Gasteiger partial charge in [0.25, 0.3) is 0 Å². The summed E-state index contributed by atoms with van der Waals surface area (Å²) in [4.78, 5) is -0.336. The number of halogens is 6. The van der Waals surface area contributed by atoms with Gasteiger partial charge in [0.1, 0.15) is 6.54 Å². The van der Waals surface area contributed by atoms with Crippen LogP contribution in [-0.4, -0.2) is 37.3 Å². The summed E-state index contributed by atoms with van der Waals surface area (Å²) >= 11 is 14.3. The molecule has 0 aliphatic carbocycles. The van der Waals surface area contributed by atoms with Crippen molar-refractivity contribution in [3.63, 3.8) is 0 Å². The van der Waals surface area contributed by atoms with E-state index >= 15 is 0 Å². The summed E-state index contributed by atoms with van der Waals surface area (Å²) in [5, 5.41) is 0.149. The standard InChI is InChI=1S/C10H9BrCl2F3NO2S/c11-3-4-17(6-10(14,15)16)20(18,19)7-1-2-8(12)9(13)5-7/h1-2,5H,3-4,6H2. The van der Waals surface area contributed by atoms with Gasteiger partial charge in [-0.15, -0.1) is 0 Å². The Morgan fingerprint density at radius 3 is 2.25 bits per heavy atom. The lowest BCUT2D eigenvalue weighted by Gasteiger charge is -2.22. The average molecular weight is 415 g/mol. The highest BCUT2D eigenvalue weighted by atomic mass is 79.9. The molecule has 0 atom stereocenters. The predicted octanol–water partition coefficient (Wildman–Crippen LogP) is 3.94. The van der Waals surface area contributed by atoms with Crippen LogP contribution in [0.5, 0.6) is 0 Å². The summed E-state index contributed by atoms with van der Waals surface area (Å²) in [6.07, 6.45) is -4.63. The van der Waals surface area contributed by atoms with Crippen molar-refractivity contribution in [1.82, 2.24) is 4.31 Å². The van der Waals surface area contributed by atoms with E-state index in [1.165, 1.54) is 6.07 Å². The van der Waals surface area contributed by atoms with Gasteiger partial charge in [-0.25, -0.2) is 8.42 Å². The molecule has 0 spiro atoms. The quantitative estimate of drug-likeness (QED) is 0.684. The van der Waals surface area contributed by atoms with Crippen molar-refractivity contribution in [2.24, 2.45) is 0 Å². The van der Waals surface area contributed by atoms with Crippen molar-refractivity contribution < 1.29 is 21.6 Å². The van der Waals surface area contributed by atoms with Crippen LogP contribution in [0.15, 0.2) is 23.1 Å². The van der Waals surface area contributed by atoms with Gasteiger partial charge in [-0.05, 0) is 18.2 Å². The van der Waals surface area contributed by atoms with Crippen LogP contribution in [0.3, 0.4) is 0 Å². The van der Waals surface area contributed by atoms with Gasteiger partial charge in [0.2, 0.25) is 10.0 Å². The van der Waals surface area contributed by atoms with E-state index in [1.54, 1.807) is 0 Å². The average Bonchev–Trinajstić information content (AvgIpc) is 2.30. The fourth-order valence-electron chi connectivity index (χ4n) is 1.36. The molecular formula is C10H9BrCl2F3NO2S. The molecule has 1 aromatic rings. The van der Waals surface area contributed by atoms with E-state index in [-0.39, 0.29) is 26.8 Å². The van der Waals surface area contributed by atoms with E-state index < -0.39 is 22.7 Å². The Balaban J connectivity index is 3.18. The van der Waals surface area contributed by atoms with Gasteiger partial charge >= 0.3 is 6.18 Å². The summed E-state index contributed by atoms with van der Waals surface area (Å²) in [5.74, 6) is 0. The largest absolute Gasteiger partial charge is 0.402 e. The van der Waals surface area contributed by atoms with E-state index in [4.69, 9.17) is 23.2 Å². The molecule has 114 valence electrons. The molecule has 0 unspecified atom stereocenters. The van der Waals surface area contributed by atoms with E-state index in [2.05, 4.69) is 15.9 Å². The molecule has 0 aliphatic rings. The number of hydrogen-bond donors (Lipinski definition) is 0. The Morgan fingerprint density at radius 1 is 1.20 bits per heavy atom. The third kappa shape index (κ3) is 4.77. The third-order valence-corrected chi connectivity index (χ3v) is 5.15. The number of rotatable bonds is 5. The van der Waals surface area contributed by atoms with Gasteiger partial charge in [-0.3, -0.25) is 0 Å². The summed E-state index contributed by atoms with van der Waals surface area (Å²) in [6.45, 7) is -1.89. The van der Waals surface area contributed by atoms with Crippen LogP contribution in [0.4, 0.5) is 13.2 Å². The lowest BCUT2D eigenvalue weighted by atomic mass is 10.4. The molecule has 0 bridgehead atoms. The van der Waals surface area contributed by atoms with Crippen molar-refractivity contribution in [2.45, 2.75) is 11.1 Å². The Bertz CT molecular complexity index is 580. The Labute approximate surface area is 132 Å². The molecular weight excluding hydrogens is 406 g/mol. The van der Waals surface area contributed by atoms with Crippen LogP contribution >= 0.6 is 39.1 Å². The fourth-order valence-corrected chi connectivity index (χ4v) is 3.84. The summed E-state index contributed by atoms with van der Waals surface area (Å²) in [5.41, 5.74) is 0. The van der Waals surface area contributed by atoms with Gasteiger partial charge in [-0.1, -0.05) is 39.1 Å². The SMILES string of the molecule is O=S(=O)(c1ccc(Cl)c(Cl)c1)N(CCBr)CC(F)(F)F. The fraction of sp³-hybridized carbons (Fsp3) is 0.400. The van der Waals surface area contributed by atoms with Crippen LogP contribution in [0.2, 0.25) is 10.0 Å². The second-order valence-corrected chi connectivity index (χ2v) is 7.26. The highest BCUT2D eigenvalue weighted by Gasteiger charge is 2.36. The van der Waals surface area contributed by atoms with Crippen molar-refractivity contribution in [2.75, 3.05) is 18.4 Å². The zero-order valence-electron chi connectivity index (χ0n) is 9.79. The second kappa shape index (κ2) is 6.83. The molecule has 3 nitrogen and oxygen atoms in total. The topological polar surface area (TPSA) is 37.4 Å². The van der Waals surface area contributed by atoms with Gasteiger partial charge in [0.15, 0.2) is 0 Å². The number of sulfonamides is 1. The molecule has 0 N–H and O–H groups in total. The van der Waals surface area contributed by atoms with Crippen LogP contribution < -0.4 is 0 Å². The summed E-state index contributed by atoms with van der Waals surface area (Å²) in [6, 6.07) is 3.36. The van der Waals surface area contributed by atoms with E-state index in [9.17, 15) is 21.6 Å². The predicted molar refractivity (Wildman–Crippen MR) is 75.1 cm³/mol. The maximum Gasteiger partial charge on any atom is 0.402 e. The first kappa shape index (κ1) is 18.0. The van der Waals surface area contributed by atoms with E-state index in [0.29, 0.717) is 4.31 Å². The van der Waals surface area contributed by atoms with Gasteiger partial charge in [-0.2, -0.15) is 17.5 Å². The Kier molecular flexibility index (Phi) is 6.15. The first-order chi connectivity index (χ1) is 9.08. The molecule has 0 radical (unpaired) electrons. The third-order valence-electron chi connectivity index (χ3n) is 2.22. The van der Waals surface area contributed by atoms with Crippen molar-refractivity contribution >= 4 is 49.2 Å². The highest BCUT2D eigenvalue weighted by molar-refractivity contribution is 9.09. The summed E-state index contributed by atoms with van der Waals surface area (Å²) < 4.78 is 62.0. The zero-order valence-corrected chi connectivity index (χ0v) is 13.7. The molecule has 0 saturated heterocycles. The Hall–Kier alpha value is -0.0200. The van der Waals surface area contributed by atoms with E-state index in [1.807, 2.05) is 0 Å². The minimum atomic E-state index is -4.63. The minimum Gasteiger partial charge on any atom is -0.207 e. The molecule has 0 aromatic heterocycles. The van der Waals surface area contributed by atoms with Crippen LogP contribution in [0, 0.1) is 0 Å². The monoisotopic (exact) mass is 413 g/mol. The number of hydrogen-bond acceptors (Lipinski definition) is 2. The molecule has 0 fully saturated rings. The van der Waals surface area contributed by atoms with Crippen molar-refractivity contribution in [1.29, 1.82) is 0 Å². The minimum absolute atomic E-state index is 0.0430. The maximum atomic E-state index is 12.4. The normalized spacial score (nSPS) is 12.9. The lowest BCUT2D eigenvalue weighted by Crippen LogP contribution is -2.40. The first-order valence-electron chi connectivity index (χ1n) is 5.16. The van der Waals surface area contributed by atoms with Crippen LogP contribution in [-0.2, 0) is 10.0 Å². The molecule has 0 heterocycles. The molecule has 1 aromatic carbocycles. The Morgan fingerprint density at radius 2 is 1.80 bits per heavy atom. The lowest BCUT2D eigenvalue weighted by molar-refractivity contribution is -0.135. The number of alkyl halides is 4. The number of nitrogens with zero attached hydrogens (tertiary/aromatic N) is 1. The smallest absolute Gasteiger partial charge is 0.207 e. The van der Waals surface area contributed by atoms with Gasteiger partial charge in [0, 0.05) is 11.9 Å². The first-order valence-corrected chi connectivity index (χ1v) is 8.47. The molecule has 20 heavy (non-hydrogen) atoms. The van der Waals surface area contributed by atoms with Gasteiger partial charge in [0.05, 0.1) is 14.9 Å². The molecule has 1 rings (SSSR count). The number of benzene rings is 1. The van der Waals surface area contributed by atoms with Crippen LogP contribution in [0.1, 0.15) is 0 Å². The highest BCUT2D eigenvalue weighted by Crippen LogP contribution is 2.28. The summed E-state index contributed by atoms with van der Waals surface area (Å²) in [7, 11) is -4.30. The van der Waals surface area contributed by atoms with Gasteiger partial charge < -0.3 is 0 Å². The van der Waals surface area contributed by atoms with Crippen molar-refractivity contribution in [3.8, 4) is 0 Å². The molecule has 0 saturated carbocycles. The molecule has 0 aliphatic heterocycles. The van der Waals surface area contributed by atoms with Crippen molar-refractivity contribution in [3.05, 3.63) is 28.2 Å².